The Morgan fingerprint density at radius 1 is 1.14 bits per heavy atom. The second-order valence-corrected chi connectivity index (χ2v) is 7.73. The van der Waals surface area contributed by atoms with E-state index in [1.165, 1.54) is 12.1 Å². The summed E-state index contributed by atoms with van der Waals surface area (Å²) in [7, 11) is 0. The van der Waals surface area contributed by atoms with E-state index in [0.29, 0.717) is 11.9 Å². The molecule has 0 radical (unpaired) electrons. The molecule has 2 heterocycles. The summed E-state index contributed by atoms with van der Waals surface area (Å²) in [5.74, 6) is 0.639. The Balaban J connectivity index is 1.37. The smallest absolute Gasteiger partial charge is 0.404 e. The number of amides is 1. The average molecular weight is 384 g/mol. The predicted octanol–water partition coefficient (Wildman–Crippen LogP) is 3.48. The molecule has 3 atom stereocenters. The molecule has 3 unspecified atom stereocenters. The number of nitrogens with zero attached hydrogens (tertiary/aromatic N) is 2. The van der Waals surface area contributed by atoms with E-state index < -0.39 is 6.09 Å². The van der Waals surface area contributed by atoms with Gasteiger partial charge < -0.3 is 25.1 Å². The Morgan fingerprint density at radius 3 is 2.64 bits per heavy atom. The van der Waals surface area contributed by atoms with Crippen LogP contribution in [0.5, 0.6) is 0 Å². The lowest BCUT2D eigenvalue weighted by Crippen LogP contribution is -2.53. The molecule has 3 N–H and O–H groups in total. The minimum absolute atomic E-state index is 0.0150. The third kappa shape index (κ3) is 4.30. The van der Waals surface area contributed by atoms with Crippen LogP contribution in [0.1, 0.15) is 38.5 Å². The molecule has 1 aliphatic carbocycles. The summed E-state index contributed by atoms with van der Waals surface area (Å²) in [6, 6.07) is 9.04. The molecule has 1 amide bonds. The SMILES string of the molecule is O=C(O)NC1CCCCC1NCC1CCCN1c1ccc(-c2ncco2)cc1. The van der Waals surface area contributed by atoms with Crippen molar-refractivity contribution < 1.29 is 14.3 Å². The first-order chi connectivity index (χ1) is 13.7. The molecule has 1 saturated carbocycles. The second-order valence-electron chi connectivity index (χ2n) is 7.73. The molecule has 28 heavy (non-hydrogen) atoms. The lowest BCUT2D eigenvalue weighted by Gasteiger charge is -2.34. The third-order valence-electron chi connectivity index (χ3n) is 5.95. The van der Waals surface area contributed by atoms with Gasteiger partial charge in [0.1, 0.15) is 6.26 Å². The molecule has 2 fully saturated rings. The summed E-state index contributed by atoms with van der Waals surface area (Å²) >= 11 is 0. The molecule has 150 valence electrons. The van der Waals surface area contributed by atoms with Gasteiger partial charge in [0, 0.05) is 42.5 Å². The molecule has 0 spiro atoms. The fourth-order valence-corrected chi connectivity index (χ4v) is 4.54. The van der Waals surface area contributed by atoms with Gasteiger partial charge in [0.2, 0.25) is 5.89 Å². The number of nitrogens with one attached hydrogen (secondary N) is 2. The maximum atomic E-state index is 11.1. The molecular formula is C21H28N4O3. The van der Waals surface area contributed by atoms with E-state index in [1.54, 1.807) is 12.5 Å². The quantitative estimate of drug-likeness (QED) is 0.706. The molecule has 0 bridgehead atoms. The van der Waals surface area contributed by atoms with Crippen molar-refractivity contribution in [2.45, 2.75) is 56.7 Å². The molecule has 7 nitrogen and oxygen atoms in total. The van der Waals surface area contributed by atoms with Crippen LogP contribution < -0.4 is 15.5 Å². The van der Waals surface area contributed by atoms with Crippen LogP contribution in [0.15, 0.2) is 41.1 Å². The number of hydrogen-bond acceptors (Lipinski definition) is 5. The van der Waals surface area contributed by atoms with Crippen LogP contribution in [0.4, 0.5) is 10.5 Å². The molecule has 1 aliphatic heterocycles. The summed E-state index contributed by atoms with van der Waals surface area (Å²) in [6.45, 7) is 1.93. The maximum Gasteiger partial charge on any atom is 0.404 e. The number of oxazole rings is 1. The zero-order valence-electron chi connectivity index (χ0n) is 16.0. The van der Waals surface area contributed by atoms with Crippen LogP contribution in [0.25, 0.3) is 11.5 Å². The number of anilines is 1. The fourth-order valence-electron chi connectivity index (χ4n) is 4.54. The van der Waals surface area contributed by atoms with Crippen LogP contribution in [-0.4, -0.2) is 47.4 Å². The summed E-state index contributed by atoms with van der Waals surface area (Å²) in [6.07, 6.45) is 8.84. The number of aromatic nitrogens is 1. The second kappa shape index (κ2) is 8.65. The van der Waals surface area contributed by atoms with E-state index in [1.807, 2.05) is 0 Å². The fraction of sp³-hybridized carbons (Fsp3) is 0.524. The standard InChI is InChI=1S/C21H28N4O3/c26-21(27)24-19-6-2-1-5-18(19)23-14-17-4-3-12-25(17)16-9-7-15(8-10-16)20-22-11-13-28-20/h7-11,13,17-19,23-24H,1-6,12,14H2,(H,26,27). The minimum atomic E-state index is -0.924. The van der Waals surface area contributed by atoms with E-state index in [9.17, 15) is 4.79 Å². The highest BCUT2D eigenvalue weighted by molar-refractivity contribution is 5.65. The normalized spacial score (nSPS) is 25.0. The van der Waals surface area contributed by atoms with Crippen molar-refractivity contribution in [2.75, 3.05) is 18.0 Å². The molecule has 1 aromatic carbocycles. The highest BCUT2D eigenvalue weighted by Crippen LogP contribution is 2.28. The third-order valence-corrected chi connectivity index (χ3v) is 5.95. The van der Waals surface area contributed by atoms with Crippen molar-refractivity contribution in [3.05, 3.63) is 36.7 Å². The van der Waals surface area contributed by atoms with Crippen molar-refractivity contribution >= 4 is 11.8 Å². The van der Waals surface area contributed by atoms with Crippen molar-refractivity contribution in [1.29, 1.82) is 0 Å². The number of rotatable bonds is 6. The summed E-state index contributed by atoms with van der Waals surface area (Å²) in [5.41, 5.74) is 2.19. The van der Waals surface area contributed by atoms with Gasteiger partial charge in [-0.25, -0.2) is 9.78 Å². The van der Waals surface area contributed by atoms with Gasteiger partial charge in [0.05, 0.1) is 6.20 Å². The number of carboxylic acid groups (broad SMARTS) is 1. The first kappa shape index (κ1) is 18.8. The average Bonchev–Trinajstić information content (AvgIpc) is 3.39. The summed E-state index contributed by atoms with van der Waals surface area (Å²) < 4.78 is 5.37. The first-order valence-electron chi connectivity index (χ1n) is 10.2. The monoisotopic (exact) mass is 384 g/mol. The van der Waals surface area contributed by atoms with E-state index in [4.69, 9.17) is 9.52 Å². The summed E-state index contributed by atoms with van der Waals surface area (Å²) in [4.78, 5) is 17.7. The Bertz CT molecular complexity index is 762. The first-order valence-corrected chi connectivity index (χ1v) is 10.2. The lowest BCUT2D eigenvalue weighted by molar-refractivity contribution is 0.179. The molecule has 7 heteroatoms. The molecule has 2 aromatic rings. The molecule has 1 aromatic heterocycles. The topological polar surface area (TPSA) is 90.6 Å². The zero-order chi connectivity index (χ0) is 19.3. The van der Waals surface area contributed by atoms with Crippen LogP contribution in [0.3, 0.4) is 0 Å². The van der Waals surface area contributed by atoms with Crippen molar-refractivity contribution in [2.24, 2.45) is 0 Å². The van der Waals surface area contributed by atoms with E-state index in [2.05, 4.69) is 44.8 Å². The van der Waals surface area contributed by atoms with Gasteiger partial charge in [-0.05, 0) is 49.9 Å². The van der Waals surface area contributed by atoms with Crippen LogP contribution in [0.2, 0.25) is 0 Å². The Hall–Kier alpha value is -2.54. The van der Waals surface area contributed by atoms with Crippen LogP contribution >= 0.6 is 0 Å². The summed E-state index contributed by atoms with van der Waals surface area (Å²) in [5, 5.41) is 15.4. The van der Waals surface area contributed by atoms with Crippen LogP contribution in [-0.2, 0) is 0 Å². The van der Waals surface area contributed by atoms with E-state index in [0.717, 1.165) is 50.8 Å². The van der Waals surface area contributed by atoms with Gasteiger partial charge in [0.15, 0.2) is 0 Å². The van der Waals surface area contributed by atoms with Gasteiger partial charge in [-0.3, -0.25) is 0 Å². The Labute approximate surface area is 165 Å². The van der Waals surface area contributed by atoms with Crippen LogP contribution in [0, 0.1) is 0 Å². The van der Waals surface area contributed by atoms with Gasteiger partial charge in [0.25, 0.3) is 0 Å². The van der Waals surface area contributed by atoms with Gasteiger partial charge >= 0.3 is 6.09 Å². The largest absolute Gasteiger partial charge is 0.465 e. The van der Waals surface area contributed by atoms with Crippen molar-refractivity contribution in [3.63, 3.8) is 0 Å². The maximum absolute atomic E-state index is 11.1. The molecule has 4 rings (SSSR count). The predicted molar refractivity (Wildman–Crippen MR) is 108 cm³/mol. The lowest BCUT2D eigenvalue weighted by atomic mass is 9.90. The molecular weight excluding hydrogens is 356 g/mol. The van der Waals surface area contributed by atoms with Crippen molar-refractivity contribution in [1.82, 2.24) is 15.6 Å². The zero-order valence-corrected chi connectivity index (χ0v) is 16.0. The van der Waals surface area contributed by atoms with Gasteiger partial charge in [-0.1, -0.05) is 12.8 Å². The van der Waals surface area contributed by atoms with Crippen molar-refractivity contribution in [3.8, 4) is 11.5 Å². The number of benzene rings is 1. The molecule has 1 saturated heterocycles. The van der Waals surface area contributed by atoms with Gasteiger partial charge in [-0.15, -0.1) is 0 Å². The van der Waals surface area contributed by atoms with E-state index in [-0.39, 0.29) is 12.1 Å². The molecule has 2 aliphatic rings. The Kier molecular flexibility index (Phi) is 5.81. The highest BCUT2D eigenvalue weighted by Gasteiger charge is 2.29. The van der Waals surface area contributed by atoms with E-state index >= 15 is 0 Å². The van der Waals surface area contributed by atoms with Gasteiger partial charge in [-0.2, -0.15) is 0 Å². The highest BCUT2D eigenvalue weighted by atomic mass is 16.4. The number of hydrogen-bond donors (Lipinski definition) is 3. The Morgan fingerprint density at radius 2 is 1.93 bits per heavy atom. The minimum Gasteiger partial charge on any atom is -0.465 e. The number of carbonyl (C=O) groups is 1.